The van der Waals surface area contributed by atoms with E-state index in [9.17, 15) is 4.79 Å². The normalized spacial score (nSPS) is 11.1. The summed E-state index contributed by atoms with van der Waals surface area (Å²) < 4.78 is 5.38. The highest BCUT2D eigenvalue weighted by molar-refractivity contribution is 6.30. The zero-order valence-corrected chi connectivity index (χ0v) is 12.0. The molecule has 0 amide bonds. The van der Waals surface area contributed by atoms with Crippen molar-refractivity contribution in [1.29, 1.82) is 0 Å². The minimum absolute atomic E-state index is 0.377. The fourth-order valence-electron chi connectivity index (χ4n) is 2.42. The van der Waals surface area contributed by atoms with Crippen molar-refractivity contribution in [2.75, 3.05) is 0 Å². The van der Waals surface area contributed by atoms with Crippen molar-refractivity contribution in [1.82, 2.24) is 10.2 Å². The molecular weight excluding hydrogens is 300 g/mol. The van der Waals surface area contributed by atoms with Crippen molar-refractivity contribution in [3.05, 3.63) is 70.0 Å². The van der Waals surface area contributed by atoms with Gasteiger partial charge in [-0.25, -0.2) is 4.79 Å². The Hall–Kier alpha value is -2.72. The smallest absolute Gasteiger partial charge is 0.344 e. The van der Waals surface area contributed by atoms with Crippen LogP contribution in [0.5, 0.6) is 0 Å². The molecule has 4 rings (SSSR count). The van der Waals surface area contributed by atoms with E-state index in [2.05, 4.69) is 10.2 Å². The molecule has 2 aromatic carbocycles. The van der Waals surface area contributed by atoms with Crippen LogP contribution in [-0.4, -0.2) is 10.2 Å². The van der Waals surface area contributed by atoms with Gasteiger partial charge >= 0.3 is 5.63 Å². The third kappa shape index (κ3) is 2.05. The third-order valence-electron chi connectivity index (χ3n) is 3.50. The van der Waals surface area contributed by atoms with Crippen molar-refractivity contribution in [3.8, 4) is 11.3 Å². The van der Waals surface area contributed by atoms with E-state index in [-0.39, 0.29) is 5.63 Å². The lowest BCUT2D eigenvalue weighted by Crippen LogP contribution is -2.01. The van der Waals surface area contributed by atoms with E-state index in [1.807, 2.05) is 24.3 Å². The molecule has 0 aliphatic heterocycles. The predicted octanol–water partition coefficient (Wildman–Crippen LogP) is 4.06. The Morgan fingerprint density at radius 1 is 0.909 bits per heavy atom. The molecule has 22 heavy (non-hydrogen) atoms. The molecule has 0 bridgehead atoms. The Labute approximate surface area is 130 Å². The average Bonchev–Trinajstić information content (AvgIpc) is 2.55. The first-order valence-corrected chi connectivity index (χ1v) is 7.05. The molecule has 0 aliphatic carbocycles. The second-order valence-corrected chi connectivity index (χ2v) is 5.32. The van der Waals surface area contributed by atoms with E-state index in [0.717, 1.165) is 10.9 Å². The standard InChI is InChI=1S/C17H9ClN2O2/c18-11-7-5-10(6-8-11)14-9-15-16(20-19-14)12-3-1-2-4-13(12)17(21)22-15/h1-9H. The fourth-order valence-corrected chi connectivity index (χ4v) is 2.55. The number of halogens is 1. The van der Waals surface area contributed by atoms with Crippen LogP contribution in [0.3, 0.4) is 0 Å². The molecule has 0 saturated heterocycles. The van der Waals surface area contributed by atoms with E-state index in [1.165, 1.54) is 0 Å². The van der Waals surface area contributed by atoms with Crippen LogP contribution in [0.4, 0.5) is 0 Å². The zero-order chi connectivity index (χ0) is 15.1. The lowest BCUT2D eigenvalue weighted by Gasteiger charge is -2.04. The van der Waals surface area contributed by atoms with E-state index in [0.29, 0.717) is 27.2 Å². The third-order valence-corrected chi connectivity index (χ3v) is 3.76. The Morgan fingerprint density at radius 3 is 2.41 bits per heavy atom. The van der Waals surface area contributed by atoms with E-state index < -0.39 is 0 Å². The molecule has 0 atom stereocenters. The van der Waals surface area contributed by atoms with Crippen LogP contribution in [0.15, 0.2) is 63.8 Å². The van der Waals surface area contributed by atoms with E-state index >= 15 is 0 Å². The van der Waals surface area contributed by atoms with Gasteiger partial charge in [-0.3, -0.25) is 0 Å². The molecule has 0 fully saturated rings. The molecule has 106 valence electrons. The van der Waals surface area contributed by atoms with Crippen molar-refractivity contribution in [2.45, 2.75) is 0 Å². The van der Waals surface area contributed by atoms with Gasteiger partial charge in [0, 0.05) is 22.0 Å². The Bertz CT molecular complexity index is 1060. The molecular formula is C17H9ClN2O2. The molecule has 0 radical (unpaired) electrons. The van der Waals surface area contributed by atoms with Gasteiger partial charge in [0.1, 0.15) is 5.52 Å². The van der Waals surface area contributed by atoms with Crippen molar-refractivity contribution >= 4 is 33.5 Å². The van der Waals surface area contributed by atoms with Gasteiger partial charge in [0.25, 0.3) is 0 Å². The number of aromatic nitrogens is 2. The van der Waals surface area contributed by atoms with Crippen LogP contribution in [0.2, 0.25) is 5.02 Å². The van der Waals surface area contributed by atoms with Crippen LogP contribution >= 0.6 is 11.6 Å². The molecule has 0 spiro atoms. The van der Waals surface area contributed by atoms with Gasteiger partial charge in [-0.05, 0) is 18.2 Å². The summed E-state index contributed by atoms with van der Waals surface area (Å²) in [6.45, 7) is 0. The number of rotatable bonds is 1. The topological polar surface area (TPSA) is 56.0 Å². The summed E-state index contributed by atoms with van der Waals surface area (Å²) in [5.74, 6) is 0. The minimum Gasteiger partial charge on any atom is -0.420 e. The van der Waals surface area contributed by atoms with Crippen molar-refractivity contribution in [2.24, 2.45) is 0 Å². The summed E-state index contributed by atoms with van der Waals surface area (Å²) in [4.78, 5) is 12.1. The molecule has 4 nitrogen and oxygen atoms in total. The SMILES string of the molecule is O=c1oc2cc(-c3ccc(Cl)cc3)nnc2c2ccccc12. The lowest BCUT2D eigenvalue weighted by molar-refractivity contribution is 0.568. The monoisotopic (exact) mass is 308 g/mol. The zero-order valence-electron chi connectivity index (χ0n) is 11.3. The van der Waals surface area contributed by atoms with Crippen LogP contribution in [-0.2, 0) is 0 Å². The van der Waals surface area contributed by atoms with Crippen LogP contribution in [0.1, 0.15) is 0 Å². The van der Waals surface area contributed by atoms with Gasteiger partial charge in [-0.2, -0.15) is 0 Å². The van der Waals surface area contributed by atoms with Crippen LogP contribution in [0.25, 0.3) is 33.1 Å². The number of hydrogen-bond acceptors (Lipinski definition) is 4. The summed E-state index contributed by atoms with van der Waals surface area (Å²) in [6.07, 6.45) is 0. The first-order valence-electron chi connectivity index (χ1n) is 6.67. The van der Waals surface area contributed by atoms with Crippen molar-refractivity contribution < 1.29 is 4.42 Å². The summed E-state index contributed by atoms with van der Waals surface area (Å²) in [5.41, 5.74) is 2.10. The second-order valence-electron chi connectivity index (χ2n) is 4.88. The molecule has 2 heterocycles. The Balaban J connectivity index is 2.00. The molecule has 4 aromatic rings. The molecule has 5 heteroatoms. The predicted molar refractivity (Wildman–Crippen MR) is 86.0 cm³/mol. The fraction of sp³-hybridized carbons (Fsp3) is 0. The van der Waals surface area contributed by atoms with Gasteiger partial charge in [-0.15, -0.1) is 10.2 Å². The maximum absolute atomic E-state index is 12.1. The minimum atomic E-state index is -0.377. The maximum atomic E-state index is 12.1. The number of fused-ring (bicyclic) bond motifs is 3. The maximum Gasteiger partial charge on any atom is 0.344 e. The van der Waals surface area contributed by atoms with E-state index in [1.54, 1.807) is 30.3 Å². The molecule has 0 N–H and O–H groups in total. The highest BCUT2D eigenvalue weighted by atomic mass is 35.5. The lowest BCUT2D eigenvalue weighted by atomic mass is 10.1. The number of nitrogens with zero attached hydrogens (tertiary/aromatic N) is 2. The largest absolute Gasteiger partial charge is 0.420 e. The van der Waals surface area contributed by atoms with Gasteiger partial charge in [0.05, 0.1) is 11.1 Å². The first-order chi connectivity index (χ1) is 10.7. The highest BCUT2D eigenvalue weighted by Crippen LogP contribution is 2.25. The number of benzene rings is 2. The molecule has 0 aliphatic rings. The molecule has 0 unspecified atom stereocenters. The summed E-state index contributed by atoms with van der Waals surface area (Å²) in [6, 6.07) is 16.2. The summed E-state index contributed by atoms with van der Waals surface area (Å²) in [7, 11) is 0. The van der Waals surface area contributed by atoms with Gasteiger partial charge in [0.2, 0.25) is 0 Å². The second kappa shape index (κ2) is 4.93. The van der Waals surface area contributed by atoms with Gasteiger partial charge in [0.15, 0.2) is 5.58 Å². The van der Waals surface area contributed by atoms with E-state index in [4.69, 9.17) is 16.0 Å². The summed E-state index contributed by atoms with van der Waals surface area (Å²) >= 11 is 5.88. The Morgan fingerprint density at radius 2 is 1.64 bits per heavy atom. The van der Waals surface area contributed by atoms with Crippen LogP contribution in [0, 0.1) is 0 Å². The Kier molecular flexibility index (Phi) is 2.91. The highest BCUT2D eigenvalue weighted by Gasteiger charge is 2.10. The van der Waals surface area contributed by atoms with Crippen molar-refractivity contribution in [3.63, 3.8) is 0 Å². The van der Waals surface area contributed by atoms with Gasteiger partial charge in [-0.1, -0.05) is 41.9 Å². The average molecular weight is 309 g/mol. The van der Waals surface area contributed by atoms with Crippen LogP contribution < -0.4 is 5.63 Å². The number of hydrogen-bond donors (Lipinski definition) is 0. The first kappa shape index (κ1) is 13.0. The molecule has 2 aromatic heterocycles. The summed E-state index contributed by atoms with van der Waals surface area (Å²) in [5, 5.41) is 10.4. The molecule has 0 saturated carbocycles. The quantitative estimate of drug-likeness (QED) is 0.498. The van der Waals surface area contributed by atoms with Gasteiger partial charge < -0.3 is 4.42 Å².